The van der Waals surface area contributed by atoms with E-state index in [1.165, 1.54) is 12.5 Å². The molecule has 4 amide bonds. The number of carboxylic acids is 2. The minimum atomic E-state index is -1.59. The molecule has 10 N–H and O–H groups in total. The molecule has 4 atom stereocenters. The van der Waals surface area contributed by atoms with Gasteiger partial charge in [0.15, 0.2) is 0 Å². The molecule has 1 heterocycles. The number of primary amides is 1. The Labute approximate surface area is 200 Å². The first-order chi connectivity index (χ1) is 16.3. The zero-order valence-corrected chi connectivity index (χ0v) is 19.3. The topological polar surface area (TPSA) is 260 Å². The van der Waals surface area contributed by atoms with Crippen LogP contribution < -0.4 is 27.4 Å². The van der Waals surface area contributed by atoms with Gasteiger partial charge in [-0.15, -0.1) is 0 Å². The van der Waals surface area contributed by atoms with Gasteiger partial charge in [-0.05, 0) is 12.3 Å². The van der Waals surface area contributed by atoms with Crippen molar-refractivity contribution in [2.75, 3.05) is 0 Å². The Morgan fingerprint density at radius 3 is 2.11 bits per heavy atom. The van der Waals surface area contributed by atoms with Gasteiger partial charge >= 0.3 is 11.9 Å². The number of nitrogens with one attached hydrogen (secondary N) is 4. The Kier molecular flexibility index (Phi) is 11.3. The molecule has 0 aliphatic carbocycles. The van der Waals surface area contributed by atoms with E-state index in [0.717, 1.165) is 0 Å². The van der Waals surface area contributed by atoms with Crippen LogP contribution in [0.25, 0.3) is 0 Å². The van der Waals surface area contributed by atoms with Crippen LogP contribution in [0, 0.1) is 5.92 Å². The van der Waals surface area contributed by atoms with Crippen LogP contribution in [0.1, 0.15) is 38.8 Å². The smallest absolute Gasteiger partial charge is 0.326 e. The second kappa shape index (κ2) is 13.6. The van der Waals surface area contributed by atoms with E-state index < -0.39 is 72.1 Å². The number of carbonyl (C=O) groups is 6. The van der Waals surface area contributed by atoms with E-state index in [1.807, 2.05) is 0 Å². The number of hydrogen-bond acceptors (Lipinski definition) is 8. The van der Waals surface area contributed by atoms with E-state index in [1.54, 1.807) is 13.8 Å². The number of aromatic amines is 1. The molecule has 1 rings (SSSR count). The molecule has 15 heteroatoms. The summed E-state index contributed by atoms with van der Waals surface area (Å²) in [5.41, 5.74) is 11.1. The monoisotopic (exact) mass is 497 g/mol. The number of aliphatic carboxylic acids is 2. The minimum absolute atomic E-state index is 0.119. The van der Waals surface area contributed by atoms with Crippen LogP contribution in [0.5, 0.6) is 0 Å². The van der Waals surface area contributed by atoms with Gasteiger partial charge in [-0.1, -0.05) is 13.8 Å². The number of rotatable bonds is 15. The van der Waals surface area contributed by atoms with Gasteiger partial charge in [-0.25, -0.2) is 9.78 Å². The molecule has 0 aliphatic heterocycles. The summed E-state index contributed by atoms with van der Waals surface area (Å²) in [6, 6.07) is -5.41. The van der Waals surface area contributed by atoms with Gasteiger partial charge in [0.2, 0.25) is 23.6 Å². The Balaban J connectivity index is 2.92. The fraction of sp³-hybridized carbons (Fsp3) is 0.550. The highest BCUT2D eigenvalue weighted by molar-refractivity contribution is 5.95. The molecular formula is C20H31N7O8. The lowest BCUT2D eigenvalue weighted by molar-refractivity contribution is -0.143. The number of carboxylic acid groups (broad SMARTS) is 2. The average Bonchev–Trinajstić information content (AvgIpc) is 3.26. The van der Waals surface area contributed by atoms with Gasteiger partial charge in [0, 0.05) is 19.0 Å². The van der Waals surface area contributed by atoms with Crippen molar-refractivity contribution >= 4 is 35.6 Å². The van der Waals surface area contributed by atoms with E-state index in [9.17, 15) is 33.9 Å². The normalized spacial score (nSPS) is 14.3. The second-order valence-corrected chi connectivity index (χ2v) is 8.16. The maximum atomic E-state index is 12.8. The van der Waals surface area contributed by atoms with Crippen molar-refractivity contribution in [3.8, 4) is 0 Å². The minimum Gasteiger partial charge on any atom is -0.481 e. The number of H-pyrrole nitrogens is 1. The zero-order chi connectivity index (χ0) is 26.7. The van der Waals surface area contributed by atoms with Crippen molar-refractivity contribution in [1.82, 2.24) is 25.9 Å². The number of carbonyl (C=O) groups excluding carboxylic acids is 4. The van der Waals surface area contributed by atoms with Crippen LogP contribution in [0.15, 0.2) is 12.5 Å². The Hall–Kier alpha value is -4.01. The van der Waals surface area contributed by atoms with Gasteiger partial charge in [-0.2, -0.15) is 0 Å². The molecule has 0 saturated carbocycles. The number of aromatic nitrogens is 2. The number of nitrogens with two attached hydrogens (primary N) is 2. The fourth-order valence-corrected chi connectivity index (χ4v) is 2.95. The molecule has 0 unspecified atom stereocenters. The molecule has 0 saturated heterocycles. The van der Waals surface area contributed by atoms with Gasteiger partial charge in [-0.3, -0.25) is 24.0 Å². The lowest BCUT2D eigenvalue weighted by atomic mass is 10.0. The molecule has 1 aromatic rings. The van der Waals surface area contributed by atoms with Crippen molar-refractivity contribution in [2.24, 2.45) is 17.4 Å². The predicted octanol–water partition coefficient (Wildman–Crippen LogP) is -2.79. The van der Waals surface area contributed by atoms with Crippen LogP contribution in [-0.2, 0) is 35.2 Å². The third-order valence-electron chi connectivity index (χ3n) is 4.88. The van der Waals surface area contributed by atoms with Crippen LogP contribution in [0.2, 0.25) is 0 Å². The quantitative estimate of drug-likeness (QED) is 0.123. The summed E-state index contributed by atoms with van der Waals surface area (Å²) < 4.78 is 0. The van der Waals surface area contributed by atoms with E-state index in [-0.39, 0.29) is 19.3 Å². The van der Waals surface area contributed by atoms with Gasteiger partial charge in [0.25, 0.3) is 0 Å². The largest absolute Gasteiger partial charge is 0.481 e. The van der Waals surface area contributed by atoms with Gasteiger partial charge in [0.05, 0.1) is 24.5 Å². The van der Waals surface area contributed by atoms with Crippen molar-refractivity contribution in [2.45, 2.75) is 63.7 Å². The molecular weight excluding hydrogens is 466 g/mol. The first-order valence-corrected chi connectivity index (χ1v) is 10.7. The number of nitrogens with zero attached hydrogens (tertiary/aromatic N) is 1. The molecule has 0 aliphatic rings. The van der Waals surface area contributed by atoms with E-state index in [4.69, 9.17) is 16.6 Å². The lowest BCUT2D eigenvalue weighted by Crippen LogP contribution is -2.59. The lowest BCUT2D eigenvalue weighted by Gasteiger charge is -2.26. The summed E-state index contributed by atoms with van der Waals surface area (Å²) in [5, 5.41) is 25.5. The molecule has 0 aromatic carbocycles. The van der Waals surface area contributed by atoms with Gasteiger partial charge < -0.3 is 42.6 Å². The highest BCUT2D eigenvalue weighted by atomic mass is 16.4. The maximum absolute atomic E-state index is 12.8. The van der Waals surface area contributed by atoms with E-state index in [0.29, 0.717) is 5.69 Å². The Morgan fingerprint density at radius 1 is 1.00 bits per heavy atom. The number of amides is 4. The average molecular weight is 498 g/mol. The molecule has 35 heavy (non-hydrogen) atoms. The summed E-state index contributed by atoms with van der Waals surface area (Å²) in [5.74, 6) is -6.65. The standard InChI is InChI=1S/C20H31N7O8/c1-9(2)16(19(33)26-13(20(34)35)5-10-7-23-8-24-10)27-18(32)12(6-15(29)30)25-17(31)11(21)3-4-14(22)28/h7-9,11-13,16H,3-6,21H2,1-2H3,(H2,22,28)(H,23,24)(H,25,31)(H,26,33)(H,27,32)(H,29,30)(H,34,35)/t11-,12-,13-,16-/m0/s1. The van der Waals surface area contributed by atoms with Crippen LogP contribution in [-0.4, -0.2) is 79.9 Å². The first-order valence-electron chi connectivity index (χ1n) is 10.7. The molecule has 194 valence electrons. The third-order valence-corrected chi connectivity index (χ3v) is 4.88. The van der Waals surface area contributed by atoms with Crippen LogP contribution >= 0.6 is 0 Å². The first kappa shape index (κ1) is 29.0. The number of hydrogen-bond donors (Lipinski definition) is 8. The van der Waals surface area contributed by atoms with Gasteiger partial charge in [0.1, 0.15) is 18.1 Å². The van der Waals surface area contributed by atoms with Crippen molar-refractivity contribution in [1.29, 1.82) is 0 Å². The third kappa shape index (κ3) is 10.2. The summed E-state index contributed by atoms with van der Waals surface area (Å²) >= 11 is 0. The SMILES string of the molecule is CC(C)[C@H](NC(=O)[C@H](CC(=O)O)NC(=O)[C@@H](N)CCC(N)=O)C(=O)N[C@@H](Cc1c[nH]cn1)C(=O)O. The van der Waals surface area contributed by atoms with Crippen molar-refractivity contribution in [3.05, 3.63) is 18.2 Å². The molecule has 0 radical (unpaired) electrons. The summed E-state index contributed by atoms with van der Waals surface area (Å²) in [6.45, 7) is 3.16. The Morgan fingerprint density at radius 2 is 1.63 bits per heavy atom. The molecule has 1 aromatic heterocycles. The van der Waals surface area contributed by atoms with Crippen LogP contribution in [0.4, 0.5) is 0 Å². The van der Waals surface area contributed by atoms with E-state index >= 15 is 0 Å². The molecule has 15 nitrogen and oxygen atoms in total. The van der Waals surface area contributed by atoms with Crippen molar-refractivity contribution < 1.29 is 39.0 Å². The second-order valence-electron chi connectivity index (χ2n) is 8.16. The van der Waals surface area contributed by atoms with Crippen LogP contribution in [0.3, 0.4) is 0 Å². The fourth-order valence-electron chi connectivity index (χ4n) is 2.95. The number of imidazole rings is 1. The predicted molar refractivity (Wildman–Crippen MR) is 119 cm³/mol. The molecule has 0 spiro atoms. The summed E-state index contributed by atoms with van der Waals surface area (Å²) in [4.78, 5) is 78.1. The summed E-state index contributed by atoms with van der Waals surface area (Å²) in [7, 11) is 0. The van der Waals surface area contributed by atoms with E-state index in [2.05, 4.69) is 25.9 Å². The zero-order valence-electron chi connectivity index (χ0n) is 19.3. The highest BCUT2D eigenvalue weighted by Gasteiger charge is 2.33. The molecule has 0 bridgehead atoms. The van der Waals surface area contributed by atoms with Crippen molar-refractivity contribution in [3.63, 3.8) is 0 Å². The molecule has 0 fully saturated rings. The highest BCUT2D eigenvalue weighted by Crippen LogP contribution is 2.07. The summed E-state index contributed by atoms with van der Waals surface area (Å²) in [6.07, 6.45) is 1.57. The Bertz CT molecular complexity index is 919. The maximum Gasteiger partial charge on any atom is 0.326 e.